The summed E-state index contributed by atoms with van der Waals surface area (Å²) in [7, 11) is -0.0758. The van der Waals surface area contributed by atoms with Crippen LogP contribution >= 0.6 is 0 Å². The molecule has 0 aromatic rings. The first kappa shape index (κ1) is 6.64. The van der Waals surface area contributed by atoms with Crippen LogP contribution in [0.4, 0.5) is 0 Å². The Balaban J connectivity index is 1.97. The zero-order valence-corrected chi connectivity index (χ0v) is 6.08. The van der Waals surface area contributed by atoms with Crippen LogP contribution in [0.3, 0.4) is 0 Å². The van der Waals surface area contributed by atoms with E-state index >= 15 is 0 Å². The second kappa shape index (κ2) is 2.53. The van der Waals surface area contributed by atoms with Gasteiger partial charge in [0.1, 0.15) is 0 Å². The Hall–Kier alpha value is -0.0551. The summed E-state index contributed by atoms with van der Waals surface area (Å²) in [6.07, 6.45) is 2.29. The van der Waals surface area contributed by atoms with Crippen LogP contribution in [-0.4, -0.2) is 26.1 Å². The van der Waals surface area contributed by atoms with E-state index in [0.29, 0.717) is 0 Å². The number of hydrogen-bond acceptors (Lipinski definition) is 3. The lowest BCUT2D eigenvalue weighted by Crippen LogP contribution is -2.30. The molecule has 2 saturated heterocycles. The molecule has 2 atom stereocenters. The van der Waals surface area contributed by atoms with E-state index in [-0.39, 0.29) is 19.5 Å². The first-order valence-corrected chi connectivity index (χ1v) is 3.79. The molecule has 0 spiro atoms. The van der Waals surface area contributed by atoms with Crippen LogP contribution in [0.15, 0.2) is 0 Å². The Labute approximate surface area is 60.8 Å². The summed E-state index contributed by atoms with van der Waals surface area (Å²) in [5.74, 6) is 0. The first-order valence-electron chi connectivity index (χ1n) is 3.79. The molecular weight excluding hydrogens is 131 g/mol. The molecule has 2 aliphatic rings. The van der Waals surface area contributed by atoms with Crippen molar-refractivity contribution in [2.45, 2.75) is 32.1 Å². The van der Waals surface area contributed by atoms with Crippen LogP contribution < -0.4 is 0 Å². The van der Waals surface area contributed by atoms with Gasteiger partial charge in [0.05, 0.1) is 6.10 Å². The first-order chi connectivity index (χ1) is 4.86. The molecule has 2 aliphatic heterocycles. The van der Waals surface area contributed by atoms with Gasteiger partial charge in [0, 0.05) is 6.61 Å². The van der Waals surface area contributed by atoms with Gasteiger partial charge in [0.25, 0.3) is 0 Å². The lowest BCUT2D eigenvalue weighted by atomic mass is 9.97. The van der Waals surface area contributed by atoms with Crippen molar-refractivity contribution in [3.63, 3.8) is 0 Å². The molecule has 2 heterocycles. The van der Waals surface area contributed by atoms with Crippen molar-refractivity contribution < 1.29 is 14.0 Å². The van der Waals surface area contributed by atoms with Crippen LogP contribution in [0, 0.1) is 0 Å². The fourth-order valence-corrected chi connectivity index (χ4v) is 1.45. The average molecular weight is 142 g/mol. The number of fused-ring (bicyclic) bond motifs is 1. The molecule has 56 valence electrons. The van der Waals surface area contributed by atoms with Crippen LogP contribution in [0.25, 0.3) is 0 Å². The lowest BCUT2D eigenvalue weighted by molar-refractivity contribution is -0.123. The molecule has 0 aromatic carbocycles. The van der Waals surface area contributed by atoms with E-state index in [4.69, 9.17) is 14.0 Å². The fraction of sp³-hybridized carbons (Fsp3) is 1.00. The monoisotopic (exact) mass is 142 g/mol. The Morgan fingerprint density at radius 3 is 3.10 bits per heavy atom. The maximum atomic E-state index is 5.42. The molecule has 3 nitrogen and oxygen atoms in total. The third kappa shape index (κ3) is 1.07. The van der Waals surface area contributed by atoms with Gasteiger partial charge in [-0.25, -0.2) is 0 Å². The molecule has 0 saturated carbocycles. The third-order valence-corrected chi connectivity index (χ3v) is 1.91. The normalized spacial score (nSPS) is 39.9. The van der Waals surface area contributed by atoms with Crippen LogP contribution in [-0.2, 0) is 14.0 Å². The van der Waals surface area contributed by atoms with Gasteiger partial charge in [-0.1, -0.05) is 0 Å². The molecule has 0 aromatic heterocycles. The molecule has 10 heavy (non-hydrogen) atoms. The largest absolute Gasteiger partial charge is 0.455 e. The molecule has 0 aliphatic carbocycles. The quantitative estimate of drug-likeness (QED) is 0.465. The summed E-state index contributed by atoms with van der Waals surface area (Å²) < 4.78 is 16.1. The summed E-state index contributed by atoms with van der Waals surface area (Å²) >= 11 is 0. The van der Waals surface area contributed by atoms with E-state index in [9.17, 15) is 0 Å². The van der Waals surface area contributed by atoms with Gasteiger partial charge in [0.2, 0.25) is 0 Å². The number of ether oxygens (including phenoxy) is 1. The predicted octanol–water partition coefficient (Wildman–Crippen LogP) is 0.656. The van der Waals surface area contributed by atoms with Crippen LogP contribution in [0.2, 0.25) is 6.82 Å². The zero-order valence-electron chi connectivity index (χ0n) is 6.08. The highest BCUT2D eigenvalue weighted by atomic mass is 16.8. The van der Waals surface area contributed by atoms with Gasteiger partial charge in [0.15, 0.2) is 6.29 Å². The second-order valence-corrected chi connectivity index (χ2v) is 2.76. The standard InChI is InChI=1S/C6H11BO3/c1-7-9-5-3-2-4-8-6(5)10-7/h5-6H,2-4H2,1H3. The van der Waals surface area contributed by atoms with Gasteiger partial charge in [-0.3, -0.25) is 0 Å². The smallest absolute Gasteiger partial charge is 0.403 e. The Morgan fingerprint density at radius 2 is 2.30 bits per heavy atom. The number of rotatable bonds is 0. The van der Waals surface area contributed by atoms with Crippen molar-refractivity contribution >= 4 is 7.12 Å². The van der Waals surface area contributed by atoms with Gasteiger partial charge in [-0.2, -0.15) is 0 Å². The highest BCUT2D eigenvalue weighted by Crippen LogP contribution is 2.25. The minimum absolute atomic E-state index is 0.0758. The second-order valence-electron chi connectivity index (χ2n) is 2.76. The highest BCUT2D eigenvalue weighted by Gasteiger charge is 2.38. The van der Waals surface area contributed by atoms with Crippen LogP contribution in [0.1, 0.15) is 12.8 Å². The average Bonchev–Trinajstić information content (AvgIpc) is 2.27. The van der Waals surface area contributed by atoms with Gasteiger partial charge in [-0.15, -0.1) is 0 Å². The maximum Gasteiger partial charge on any atom is 0.455 e. The van der Waals surface area contributed by atoms with E-state index in [0.717, 1.165) is 19.4 Å². The van der Waals surface area contributed by atoms with Gasteiger partial charge >= 0.3 is 7.12 Å². The number of hydrogen-bond donors (Lipinski definition) is 0. The highest BCUT2D eigenvalue weighted by molar-refractivity contribution is 6.43. The van der Waals surface area contributed by atoms with Crippen molar-refractivity contribution in [3.05, 3.63) is 0 Å². The summed E-state index contributed by atoms with van der Waals surface area (Å²) in [5.41, 5.74) is 0. The fourth-order valence-electron chi connectivity index (χ4n) is 1.45. The Morgan fingerprint density at radius 1 is 1.40 bits per heavy atom. The molecule has 0 bridgehead atoms. The molecule has 0 amide bonds. The summed E-state index contributed by atoms with van der Waals surface area (Å²) in [6, 6.07) is 0. The van der Waals surface area contributed by atoms with E-state index in [2.05, 4.69) is 0 Å². The van der Waals surface area contributed by atoms with Gasteiger partial charge in [-0.05, 0) is 19.7 Å². The van der Waals surface area contributed by atoms with E-state index in [1.807, 2.05) is 6.82 Å². The molecule has 2 unspecified atom stereocenters. The van der Waals surface area contributed by atoms with Crippen molar-refractivity contribution in [1.29, 1.82) is 0 Å². The Bertz CT molecular complexity index is 116. The van der Waals surface area contributed by atoms with E-state index < -0.39 is 0 Å². The molecular formula is C6H11BO3. The van der Waals surface area contributed by atoms with Gasteiger partial charge < -0.3 is 14.0 Å². The molecule has 4 heteroatoms. The summed E-state index contributed by atoms with van der Waals surface area (Å²) in [5, 5.41) is 0. The lowest BCUT2D eigenvalue weighted by Gasteiger charge is -2.23. The maximum absolute atomic E-state index is 5.42. The Kier molecular flexibility index (Phi) is 1.68. The predicted molar refractivity (Wildman–Crippen MR) is 36.6 cm³/mol. The summed E-state index contributed by atoms with van der Waals surface area (Å²) in [4.78, 5) is 0. The van der Waals surface area contributed by atoms with E-state index in [1.165, 1.54) is 0 Å². The van der Waals surface area contributed by atoms with Crippen molar-refractivity contribution in [1.82, 2.24) is 0 Å². The molecule has 0 N–H and O–H groups in total. The van der Waals surface area contributed by atoms with Crippen molar-refractivity contribution in [2.75, 3.05) is 6.61 Å². The molecule has 2 fully saturated rings. The minimum atomic E-state index is -0.0799. The summed E-state index contributed by atoms with van der Waals surface area (Å²) in [6.45, 7) is 2.72. The topological polar surface area (TPSA) is 27.7 Å². The SMILES string of the molecule is CB1OC2CCCOC2O1. The minimum Gasteiger partial charge on any atom is -0.403 e. The molecule has 2 rings (SSSR count). The molecule has 0 radical (unpaired) electrons. The van der Waals surface area contributed by atoms with E-state index in [1.54, 1.807) is 0 Å². The van der Waals surface area contributed by atoms with Crippen LogP contribution in [0.5, 0.6) is 0 Å². The zero-order chi connectivity index (χ0) is 6.97. The van der Waals surface area contributed by atoms with Crippen molar-refractivity contribution in [2.24, 2.45) is 0 Å². The third-order valence-electron chi connectivity index (χ3n) is 1.91. The van der Waals surface area contributed by atoms with Crippen molar-refractivity contribution in [3.8, 4) is 0 Å².